The number of rotatable bonds is 9. The third-order valence-electron chi connectivity index (χ3n) is 4.49. The zero-order valence-corrected chi connectivity index (χ0v) is 22.5. The van der Waals surface area contributed by atoms with Gasteiger partial charge < -0.3 is 15.0 Å². The summed E-state index contributed by atoms with van der Waals surface area (Å²) in [6.45, 7) is 1.97. The summed E-state index contributed by atoms with van der Waals surface area (Å²) in [5, 5.41) is 37.1. The molecule has 2 aromatic carbocycles. The molecule has 1 atom stereocenters. The molecular formula is C20H19BrIN7O4S. The van der Waals surface area contributed by atoms with Gasteiger partial charge in [0.05, 0.1) is 22.9 Å². The number of thioether (sulfide) groups is 1. The van der Waals surface area contributed by atoms with Crippen LogP contribution >= 0.6 is 50.3 Å². The second kappa shape index (κ2) is 11.6. The Morgan fingerprint density at radius 3 is 2.76 bits per heavy atom. The van der Waals surface area contributed by atoms with Gasteiger partial charge in [-0.15, -0.1) is 10.2 Å². The number of aromatic hydroxyl groups is 1. The number of nitrogens with one attached hydrogen (secondary N) is 2. The van der Waals surface area contributed by atoms with E-state index in [1.807, 2.05) is 42.8 Å². The van der Waals surface area contributed by atoms with E-state index in [4.69, 9.17) is 0 Å². The number of carbonyl (C=O) groups is 1. The number of nitrogens with zero attached hydrogens (tertiary/aromatic N) is 5. The third-order valence-corrected chi connectivity index (χ3v) is 6.69. The Hall–Kier alpha value is -2.72. The first kappa shape index (κ1) is 25.9. The molecule has 1 heterocycles. The van der Waals surface area contributed by atoms with Crippen LogP contribution in [0, 0.1) is 13.7 Å². The zero-order chi connectivity index (χ0) is 24.8. The number of nitro groups is 1. The number of halogens is 2. The molecule has 34 heavy (non-hydrogen) atoms. The van der Waals surface area contributed by atoms with Crippen LogP contribution in [0.2, 0.25) is 0 Å². The zero-order valence-electron chi connectivity index (χ0n) is 17.9. The molecule has 0 saturated heterocycles. The van der Waals surface area contributed by atoms with Gasteiger partial charge >= 0.3 is 5.69 Å². The van der Waals surface area contributed by atoms with E-state index < -0.39 is 22.3 Å². The molecule has 1 amide bonds. The Labute approximate surface area is 220 Å². The van der Waals surface area contributed by atoms with Gasteiger partial charge in [-0.2, -0.15) is 5.10 Å². The van der Waals surface area contributed by atoms with Crippen molar-refractivity contribution in [1.82, 2.24) is 20.2 Å². The maximum Gasteiger partial charge on any atom is 0.312 e. The molecule has 3 N–H and O–H groups in total. The molecule has 0 aliphatic carbocycles. The molecule has 0 bridgehead atoms. The number of nitro benzene ring substituents is 1. The topological polar surface area (TPSA) is 148 Å². The highest BCUT2D eigenvalue weighted by atomic mass is 127. The first-order valence-electron chi connectivity index (χ1n) is 9.68. The second-order valence-electron chi connectivity index (χ2n) is 6.97. The highest BCUT2D eigenvalue weighted by molar-refractivity contribution is 14.1. The molecule has 178 valence electrons. The number of anilines is 1. The van der Waals surface area contributed by atoms with Crippen LogP contribution in [-0.4, -0.2) is 42.7 Å². The first-order valence-corrected chi connectivity index (χ1v) is 12.5. The van der Waals surface area contributed by atoms with Crippen LogP contribution in [0.5, 0.6) is 5.75 Å². The minimum Gasteiger partial charge on any atom is -0.502 e. The van der Waals surface area contributed by atoms with Crippen LogP contribution in [0.1, 0.15) is 24.4 Å². The molecule has 0 spiro atoms. The van der Waals surface area contributed by atoms with Gasteiger partial charge in [-0.25, -0.2) is 5.43 Å². The monoisotopic (exact) mass is 659 g/mol. The van der Waals surface area contributed by atoms with Crippen molar-refractivity contribution in [2.24, 2.45) is 12.1 Å². The summed E-state index contributed by atoms with van der Waals surface area (Å²) in [5.41, 5.74) is 2.90. The van der Waals surface area contributed by atoms with Crippen LogP contribution in [0.15, 0.2) is 51.1 Å². The minimum atomic E-state index is -0.710. The summed E-state index contributed by atoms with van der Waals surface area (Å²) in [6.07, 6.45) is 1.13. The number of hydrogen-bond donors (Lipinski definition) is 3. The Balaban J connectivity index is 1.56. The number of amides is 1. The number of phenolic OH excluding ortho intramolecular Hbond substituents is 1. The van der Waals surface area contributed by atoms with Crippen molar-refractivity contribution in [2.45, 2.75) is 18.1 Å². The predicted molar refractivity (Wildman–Crippen MR) is 141 cm³/mol. The maximum atomic E-state index is 12.2. The van der Waals surface area contributed by atoms with Crippen molar-refractivity contribution in [3.8, 4) is 5.75 Å². The van der Waals surface area contributed by atoms with Crippen LogP contribution in [0.3, 0.4) is 0 Å². The lowest BCUT2D eigenvalue weighted by Crippen LogP contribution is -2.20. The Kier molecular flexibility index (Phi) is 8.84. The van der Waals surface area contributed by atoms with Gasteiger partial charge in [0, 0.05) is 32.4 Å². The fraction of sp³-hybridized carbons (Fsp3) is 0.200. The largest absolute Gasteiger partial charge is 0.502 e. The molecule has 14 heteroatoms. The van der Waals surface area contributed by atoms with E-state index >= 15 is 0 Å². The number of hydrogen-bond acceptors (Lipinski definition) is 9. The van der Waals surface area contributed by atoms with Gasteiger partial charge in [-0.05, 0) is 59.8 Å². The fourth-order valence-corrected chi connectivity index (χ4v) is 4.40. The fourth-order valence-electron chi connectivity index (χ4n) is 2.87. The predicted octanol–water partition coefficient (Wildman–Crippen LogP) is 4.21. The molecule has 3 rings (SSSR count). The van der Waals surface area contributed by atoms with Gasteiger partial charge in [-0.1, -0.05) is 27.7 Å². The maximum absolute atomic E-state index is 12.2. The van der Waals surface area contributed by atoms with Crippen molar-refractivity contribution in [2.75, 3.05) is 11.1 Å². The summed E-state index contributed by atoms with van der Waals surface area (Å²) < 4.78 is 3.35. The summed E-state index contributed by atoms with van der Waals surface area (Å²) in [7, 11) is 1.82. The Morgan fingerprint density at radius 2 is 2.09 bits per heavy atom. The number of benzene rings is 2. The van der Waals surface area contributed by atoms with E-state index in [-0.39, 0.29) is 17.4 Å². The average Bonchev–Trinajstić information content (AvgIpc) is 3.16. The Morgan fingerprint density at radius 1 is 1.38 bits per heavy atom. The van der Waals surface area contributed by atoms with Crippen molar-refractivity contribution in [1.29, 1.82) is 0 Å². The number of carbonyl (C=O) groups excluding carboxylic acids is 1. The molecule has 0 fully saturated rings. The molecule has 0 aliphatic heterocycles. The number of phenols is 1. The molecular weight excluding hydrogens is 641 g/mol. The van der Waals surface area contributed by atoms with Gasteiger partial charge in [0.1, 0.15) is 0 Å². The van der Waals surface area contributed by atoms with E-state index in [0.717, 1.165) is 15.5 Å². The summed E-state index contributed by atoms with van der Waals surface area (Å²) in [4.78, 5) is 22.4. The lowest BCUT2D eigenvalue weighted by Gasteiger charge is -2.14. The quantitative estimate of drug-likeness (QED) is 0.102. The SMILES string of the molecule is C[C@H](Nc1ccc(I)cc1)c1nnc(SCC(=O)N/N=C\c2cc(Br)cc([N+](=O)[O-])c2O)n1C. The summed E-state index contributed by atoms with van der Waals surface area (Å²) >= 11 is 6.57. The van der Waals surface area contributed by atoms with E-state index in [1.165, 1.54) is 23.9 Å². The molecule has 11 nitrogen and oxygen atoms in total. The highest BCUT2D eigenvalue weighted by Gasteiger charge is 2.18. The van der Waals surface area contributed by atoms with Crippen molar-refractivity contribution in [3.05, 3.63) is 65.9 Å². The standard InChI is InChI=1S/C20H19BrIN7O4S/c1-11(24-15-5-3-14(22)4-6-15)19-26-27-20(28(19)2)34-10-17(30)25-23-9-12-7-13(21)8-16(18(12)31)29(32)33/h3-9,11,24,31H,10H2,1-2H3,(H,25,30)/b23-9-/t11-/m0/s1. The number of aromatic nitrogens is 3. The van der Waals surface area contributed by atoms with Gasteiger partial charge in [0.25, 0.3) is 5.91 Å². The second-order valence-corrected chi connectivity index (χ2v) is 10.1. The van der Waals surface area contributed by atoms with Crippen LogP contribution < -0.4 is 10.7 Å². The first-order chi connectivity index (χ1) is 16.2. The summed E-state index contributed by atoms with van der Waals surface area (Å²) in [6, 6.07) is 10.5. The molecule has 3 aromatic rings. The number of hydrazone groups is 1. The van der Waals surface area contributed by atoms with E-state index in [9.17, 15) is 20.0 Å². The van der Waals surface area contributed by atoms with Crippen molar-refractivity contribution >= 4 is 73.8 Å². The molecule has 0 unspecified atom stereocenters. The lowest BCUT2D eigenvalue weighted by molar-refractivity contribution is -0.385. The lowest BCUT2D eigenvalue weighted by atomic mass is 10.2. The van der Waals surface area contributed by atoms with Gasteiger partial charge in [-0.3, -0.25) is 14.9 Å². The Bertz CT molecular complexity index is 1240. The minimum absolute atomic E-state index is 0.0207. The molecule has 0 aliphatic rings. The normalized spacial score (nSPS) is 12.0. The molecule has 0 radical (unpaired) electrons. The highest BCUT2D eigenvalue weighted by Crippen LogP contribution is 2.32. The van der Waals surface area contributed by atoms with E-state index in [2.05, 4.69) is 64.6 Å². The van der Waals surface area contributed by atoms with Crippen LogP contribution in [0.4, 0.5) is 11.4 Å². The molecule has 1 aromatic heterocycles. The van der Waals surface area contributed by atoms with Crippen LogP contribution in [-0.2, 0) is 11.8 Å². The van der Waals surface area contributed by atoms with E-state index in [0.29, 0.717) is 15.5 Å². The smallest absolute Gasteiger partial charge is 0.312 e. The van der Waals surface area contributed by atoms with E-state index in [1.54, 1.807) is 0 Å². The van der Waals surface area contributed by atoms with Crippen molar-refractivity contribution < 1.29 is 14.8 Å². The average molecular weight is 660 g/mol. The van der Waals surface area contributed by atoms with Crippen LogP contribution in [0.25, 0.3) is 0 Å². The van der Waals surface area contributed by atoms with Crippen molar-refractivity contribution in [3.63, 3.8) is 0 Å². The van der Waals surface area contributed by atoms with Gasteiger partial charge in [0.15, 0.2) is 11.0 Å². The molecule has 0 saturated carbocycles. The third kappa shape index (κ3) is 6.66. The summed E-state index contributed by atoms with van der Waals surface area (Å²) in [5.74, 6) is -0.224. The van der Waals surface area contributed by atoms with Gasteiger partial charge in [0.2, 0.25) is 5.75 Å².